The lowest BCUT2D eigenvalue weighted by Gasteiger charge is -1.97. The third kappa shape index (κ3) is 2.51. The molecule has 0 saturated carbocycles. The van der Waals surface area contributed by atoms with Crippen LogP contribution >= 0.6 is 0 Å². The maximum atomic E-state index is 5.42. The number of rotatable bonds is 4. The molecule has 3 nitrogen and oxygen atoms in total. The first-order chi connectivity index (χ1) is 5.72. The summed E-state index contributed by atoms with van der Waals surface area (Å²) < 4.78 is 1.88. The smallest absolute Gasteiger partial charge is 0.0614 e. The molecule has 0 aliphatic carbocycles. The van der Waals surface area contributed by atoms with E-state index in [-0.39, 0.29) is 0 Å². The topological polar surface area (TPSA) is 43.8 Å². The van der Waals surface area contributed by atoms with Crippen molar-refractivity contribution in [3.8, 4) is 0 Å². The molecule has 0 aromatic carbocycles. The standard InChI is InChI=1S/C9H15N3/c1-8(2)6-12-7-9(3-4-10)5-11-12/h5,7H,1,3-4,6,10H2,2H3. The third-order valence-corrected chi connectivity index (χ3v) is 1.55. The molecule has 1 aromatic heterocycles. The summed E-state index contributed by atoms with van der Waals surface area (Å²) in [5, 5.41) is 4.18. The van der Waals surface area contributed by atoms with Crippen molar-refractivity contribution >= 4 is 0 Å². The van der Waals surface area contributed by atoms with E-state index in [1.807, 2.05) is 24.0 Å². The minimum absolute atomic E-state index is 0.679. The van der Waals surface area contributed by atoms with Crippen LogP contribution in [0.5, 0.6) is 0 Å². The van der Waals surface area contributed by atoms with E-state index in [0.717, 1.165) is 18.5 Å². The molecule has 0 aliphatic rings. The molecule has 0 radical (unpaired) electrons. The quantitative estimate of drug-likeness (QED) is 0.675. The van der Waals surface area contributed by atoms with Crippen LogP contribution in [0.1, 0.15) is 12.5 Å². The van der Waals surface area contributed by atoms with Gasteiger partial charge in [-0.05, 0) is 25.5 Å². The monoisotopic (exact) mass is 165 g/mol. The number of nitrogens with two attached hydrogens (primary N) is 1. The number of aromatic nitrogens is 2. The van der Waals surface area contributed by atoms with Gasteiger partial charge in [0.2, 0.25) is 0 Å². The van der Waals surface area contributed by atoms with Crippen molar-refractivity contribution in [3.05, 3.63) is 30.1 Å². The maximum absolute atomic E-state index is 5.42. The second-order valence-electron chi connectivity index (χ2n) is 3.04. The molecule has 3 heteroatoms. The number of hydrogen-bond acceptors (Lipinski definition) is 2. The van der Waals surface area contributed by atoms with Crippen LogP contribution in [-0.4, -0.2) is 16.3 Å². The average Bonchev–Trinajstić information content (AvgIpc) is 2.36. The zero-order valence-electron chi connectivity index (χ0n) is 7.45. The van der Waals surface area contributed by atoms with Crippen molar-refractivity contribution in [2.75, 3.05) is 6.54 Å². The minimum Gasteiger partial charge on any atom is -0.330 e. The number of nitrogens with zero attached hydrogens (tertiary/aromatic N) is 2. The van der Waals surface area contributed by atoms with Gasteiger partial charge in [-0.3, -0.25) is 4.68 Å². The van der Waals surface area contributed by atoms with E-state index in [9.17, 15) is 0 Å². The van der Waals surface area contributed by atoms with Crippen LogP contribution in [0.15, 0.2) is 24.5 Å². The summed E-state index contributed by atoms with van der Waals surface area (Å²) in [5.74, 6) is 0. The Balaban J connectivity index is 2.58. The van der Waals surface area contributed by atoms with Crippen molar-refractivity contribution in [1.29, 1.82) is 0 Å². The zero-order valence-corrected chi connectivity index (χ0v) is 7.45. The first-order valence-electron chi connectivity index (χ1n) is 4.08. The second kappa shape index (κ2) is 4.07. The molecule has 12 heavy (non-hydrogen) atoms. The van der Waals surface area contributed by atoms with E-state index >= 15 is 0 Å². The highest BCUT2D eigenvalue weighted by Crippen LogP contribution is 2.00. The Hall–Kier alpha value is -1.09. The molecule has 1 heterocycles. The van der Waals surface area contributed by atoms with Gasteiger partial charge in [-0.2, -0.15) is 5.10 Å². The van der Waals surface area contributed by atoms with Gasteiger partial charge in [0, 0.05) is 6.20 Å². The minimum atomic E-state index is 0.679. The molecule has 1 rings (SSSR count). The van der Waals surface area contributed by atoms with Gasteiger partial charge in [0.1, 0.15) is 0 Å². The molecule has 66 valence electrons. The van der Waals surface area contributed by atoms with Crippen molar-refractivity contribution < 1.29 is 0 Å². The van der Waals surface area contributed by atoms with Gasteiger partial charge in [0.05, 0.1) is 12.7 Å². The lowest BCUT2D eigenvalue weighted by atomic mass is 10.2. The zero-order chi connectivity index (χ0) is 8.97. The predicted octanol–water partition coefficient (Wildman–Crippen LogP) is 0.960. The van der Waals surface area contributed by atoms with E-state index in [0.29, 0.717) is 6.54 Å². The predicted molar refractivity (Wildman–Crippen MR) is 49.8 cm³/mol. The van der Waals surface area contributed by atoms with Crippen LogP contribution in [0.25, 0.3) is 0 Å². The fourth-order valence-electron chi connectivity index (χ4n) is 1.07. The molecule has 0 saturated heterocycles. The first kappa shape index (κ1) is 9.00. The van der Waals surface area contributed by atoms with Crippen LogP contribution in [0.3, 0.4) is 0 Å². The van der Waals surface area contributed by atoms with E-state index < -0.39 is 0 Å². The molecule has 2 N–H and O–H groups in total. The largest absolute Gasteiger partial charge is 0.330 e. The van der Waals surface area contributed by atoms with E-state index in [1.54, 1.807) is 0 Å². The van der Waals surface area contributed by atoms with Crippen LogP contribution in [0.4, 0.5) is 0 Å². The van der Waals surface area contributed by atoms with Crippen molar-refractivity contribution in [2.24, 2.45) is 5.73 Å². The number of allylic oxidation sites excluding steroid dienone is 1. The first-order valence-corrected chi connectivity index (χ1v) is 4.08. The molecule has 0 unspecified atom stereocenters. The molecule has 1 aromatic rings. The Morgan fingerprint density at radius 2 is 2.50 bits per heavy atom. The Morgan fingerprint density at radius 1 is 1.75 bits per heavy atom. The Morgan fingerprint density at radius 3 is 3.08 bits per heavy atom. The summed E-state index contributed by atoms with van der Waals surface area (Å²) in [5.41, 5.74) is 7.72. The van der Waals surface area contributed by atoms with Gasteiger partial charge in [0.25, 0.3) is 0 Å². The lowest BCUT2D eigenvalue weighted by Crippen LogP contribution is -2.02. The summed E-state index contributed by atoms with van der Waals surface area (Å²) in [4.78, 5) is 0. The van der Waals surface area contributed by atoms with Crippen LogP contribution in [0, 0.1) is 0 Å². The Kier molecular flexibility index (Phi) is 3.05. The normalized spacial score (nSPS) is 10.2. The van der Waals surface area contributed by atoms with Gasteiger partial charge < -0.3 is 5.73 Å². The van der Waals surface area contributed by atoms with Crippen LogP contribution in [-0.2, 0) is 13.0 Å². The summed E-state index contributed by atoms with van der Waals surface area (Å²) in [6, 6.07) is 0. The van der Waals surface area contributed by atoms with E-state index in [4.69, 9.17) is 5.73 Å². The van der Waals surface area contributed by atoms with Gasteiger partial charge in [-0.15, -0.1) is 0 Å². The van der Waals surface area contributed by atoms with Crippen molar-refractivity contribution in [1.82, 2.24) is 9.78 Å². The summed E-state index contributed by atoms with van der Waals surface area (Å²) in [7, 11) is 0. The van der Waals surface area contributed by atoms with E-state index in [1.165, 1.54) is 5.56 Å². The molecule has 0 amide bonds. The molecular weight excluding hydrogens is 150 g/mol. The number of hydrogen-bond donors (Lipinski definition) is 1. The molecular formula is C9H15N3. The fraction of sp³-hybridized carbons (Fsp3) is 0.444. The van der Waals surface area contributed by atoms with Crippen molar-refractivity contribution in [2.45, 2.75) is 19.9 Å². The van der Waals surface area contributed by atoms with Gasteiger partial charge >= 0.3 is 0 Å². The third-order valence-electron chi connectivity index (χ3n) is 1.55. The van der Waals surface area contributed by atoms with Crippen LogP contribution in [0.2, 0.25) is 0 Å². The van der Waals surface area contributed by atoms with Crippen molar-refractivity contribution in [3.63, 3.8) is 0 Å². The average molecular weight is 165 g/mol. The molecule has 0 fully saturated rings. The Bertz CT molecular complexity index is 262. The molecule has 0 aliphatic heterocycles. The Labute approximate surface area is 72.9 Å². The molecule has 0 spiro atoms. The van der Waals surface area contributed by atoms with Gasteiger partial charge in [0.15, 0.2) is 0 Å². The summed E-state index contributed by atoms with van der Waals surface area (Å²) in [6.45, 7) is 7.29. The van der Waals surface area contributed by atoms with Crippen LogP contribution < -0.4 is 5.73 Å². The molecule has 0 atom stereocenters. The van der Waals surface area contributed by atoms with E-state index in [2.05, 4.69) is 11.7 Å². The van der Waals surface area contributed by atoms with Gasteiger partial charge in [-0.25, -0.2) is 0 Å². The lowest BCUT2D eigenvalue weighted by molar-refractivity contribution is 0.678. The SMILES string of the molecule is C=C(C)Cn1cc(CCN)cn1. The molecule has 0 bridgehead atoms. The maximum Gasteiger partial charge on any atom is 0.0614 e. The highest BCUT2D eigenvalue weighted by Gasteiger charge is 1.96. The fourth-order valence-corrected chi connectivity index (χ4v) is 1.07. The summed E-state index contributed by atoms with van der Waals surface area (Å²) in [6.07, 6.45) is 4.77. The summed E-state index contributed by atoms with van der Waals surface area (Å²) >= 11 is 0. The second-order valence-corrected chi connectivity index (χ2v) is 3.04. The van der Waals surface area contributed by atoms with Gasteiger partial charge in [-0.1, -0.05) is 12.2 Å². The highest BCUT2D eigenvalue weighted by atomic mass is 15.3. The highest BCUT2D eigenvalue weighted by molar-refractivity contribution is 5.05.